The molecule has 2 aromatic rings. The molecule has 104 valence electrons. The van der Waals surface area contributed by atoms with E-state index in [1.54, 1.807) is 18.6 Å². The topological polar surface area (TPSA) is 59.0 Å². The standard InChI is InChI=1S/C14H16N4OS/c19-14(18-7-3-1-2-4-8-18)12-10-20-13(17-12)11-9-15-5-6-16-11/h5-6,9-10H,1-4,7-8H2. The number of aromatic nitrogens is 3. The van der Waals surface area contributed by atoms with Gasteiger partial charge in [0.05, 0.1) is 6.20 Å². The van der Waals surface area contributed by atoms with Crippen molar-refractivity contribution in [3.63, 3.8) is 0 Å². The maximum absolute atomic E-state index is 12.4. The first-order valence-electron chi connectivity index (χ1n) is 6.86. The van der Waals surface area contributed by atoms with E-state index in [-0.39, 0.29) is 5.91 Å². The molecule has 0 aliphatic carbocycles. The molecule has 20 heavy (non-hydrogen) atoms. The number of amides is 1. The van der Waals surface area contributed by atoms with Crippen LogP contribution in [-0.4, -0.2) is 38.8 Å². The molecule has 3 rings (SSSR count). The second-order valence-electron chi connectivity index (χ2n) is 4.83. The Morgan fingerprint density at radius 1 is 1.15 bits per heavy atom. The van der Waals surface area contributed by atoms with Crippen LogP contribution < -0.4 is 0 Å². The molecule has 0 N–H and O–H groups in total. The van der Waals surface area contributed by atoms with Crippen LogP contribution in [0.3, 0.4) is 0 Å². The van der Waals surface area contributed by atoms with Crippen molar-refractivity contribution in [2.45, 2.75) is 25.7 Å². The van der Waals surface area contributed by atoms with Gasteiger partial charge in [0.25, 0.3) is 5.91 Å². The molecule has 5 nitrogen and oxygen atoms in total. The van der Waals surface area contributed by atoms with Gasteiger partial charge in [-0.05, 0) is 12.8 Å². The molecule has 0 atom stereocenters. The molecule has 0 unspecified atom stereocenters. The summed E-state index contributed by atoms with van der Waals surface area (Å²) in [5.74, 6) is 0.0401. The summed E-state index contributed by atoms with van der Waals surface area (Å²) < 4.78 is 0. The van der Waals surface area contributed by atoms with Crippen molar-refractivity contribution in [1.29, 1.82) is 0 Å². The number of hydrogen-bond donors (Lipinski definition) is 0. The third kappa shape index (κ3) is 2.85. The highest BCUT2D eigenvalue weighted by Gasteiger charge is 2.20. The van der Waals surface area contributed by atoms with Crippen molar-refractivity contribution in [1.82, 2.24) is 19.9 Å². The second-order valence-corrected chi connectivity index (χ2v) is 5.69. The lowest BCUT2D eigenvalue weighted by Gasteiger charge is -2.18. The molecule has 0 saturated carbocycles. The van der Waals surface area contributed by atoms with Crippen molar-refractivity contribution in [3.8, 4) is 10.7 Å². The van der Waals surface area contributed by atoms with Crippen LogP contribution in [0.5, 0.6) is 0 Å². The van der Waals surface area contributed by atoms with Crippen molar-refractivity contribution in [2.75, 3.05) is 13.1 Å². The normalized spacial score (nSPS) is 15.9. The minimum atomic E-state index is 0.0401. The predicted octanol–water partition coefficient (Wildman–Crippen LogP) is 2.62. The fourth-order valence-electron chi connectivity index (χ4n) is 2.33. The SMILES string of the molecule is O=C(c1csc(-c2cnccn2)n1)N1CCCCCC1. The van der Waals surface area contributed by atoms with Gasteiger partial charge in [-0.1, -0.05) is 12.8 Å². The van der Waals surface area contributed by atoms with Crippen LogP contribution in [-0.2, 0) is 0 Å². The molecule has 1 fully saturated rings. The second kappa shape index (κ2) is 6.09. The van der Waals surface area contributed by atoms with Crippen LogP contribution in [0.2, 0.25) is 0 Å². The van der Waals surface area contributed by atoms with E-state index in [2.05, 4.69) is 15.0 Å². The van der Waals surface area contributed by atoms with E-state index in [1.165, 1.54) is 24.2 Å². The van der Waals surface area contributed by atoms with Gasteiger partial charge in [-0.15, -0.1) is 11.3 Å². The number of hydrogen-bond acceptors (Lipinski definition) is 5. The predicted molar refractivity (Wildman–Crippen MR) is 77.5 cm³/mol. The molecule has 0 spiro atoms. The maximum Gasteiger partial charge on any atom is 0.273 e. The zero-order valence-corrected chi connectivity index (χ0v) is 12.0. The Morgan fingerprint density at radius 3 is 2.65 bits per heavy atom. The fourth-order valence-corrected chi connectivity index (χ4v) is 3.09. The summed E-state index contributed by atoms with van der Waals surface area (Å²) in [6.07, 6.45) is 9.53. The summed E-state index contributed by atoms with van der Waals surface area (Å²) in [6, 6.07) is 0. The average Bonchev–Trinajstić information content (AvgIpc) is 2.83. The van der Waals surface area contributed by atoms with Crippen LogP contribution in [0.25, 0.3) is 10.7 Å². The molecular weight excluding hydrogens is 272 g/mol. The quantitative estimate of drug-likeness (QED) is 0.852. The third-order valence-electron chi connectivity index (χ3n) is 3.40. The Bertz CT molecular complexity index is 576. The zero-order valence-electron chi connectivity index (χ0n) is 11.2. The molecule has 1 amide bonds. The highest BCUT2D eigenvalue weighted by atomic mass is 32.1. The third-order valence-corrected chi connectivity index (χ3v) is 4.26. The van der Waals surface area contributed by atoms with Crippen LogP contribution in [0, 0.1) is 0 Å². The van der Waals surface area contributed by atoms with E-state index in [0.29, 0.717) is 11.4 Å². The van der Waals surface area contributed by atoms with Crippen molar-refractivity contribution in [2.24, 2.45) is 0 Å². The lowest BCUT2D eigenvalue weighted by Crippen LogP contribution is -2.32. The molecular formula is C14H16N4OS. The van der Waals surface area contributed by atoms with Gasteiger partial charge in [0.15, 0.2) is 0 Å². The summed E-state index contributed by atoms with van der Waals surface area (Å²) in [6.45, 7) is 1.69. The van der Waals surface area contributed by atoms with Gasteiger partial charge in [-0.3, -0.25) is 14.8 Å². The van der Waals surface area contributed by atoms with E-state index >= 15 is 0 Å². The first kappa shape index (κ1) is 13.2. The van der Waals surface area contributed by atoms with Crippen molar-refractivity contribution < 1.29 is 4.79 Å². The number of likely N-dealkylation sites (tertiary alicyclic amines) is 1. The van der Waals surface area contributed by atoms with Gasteiger partial charge in [-0.2, -0.15) is 0 Å². The van der Waals surface area contributed by atoms with Crippen LogP contribution >= 0.6 is 11.3 Å². The largest absolute Gasteiger partial charge is 0.337 e. The molecule has 6 heteroatoms. The van der Waals surface area contributed by atoms with Gasteiger partial charge in [-0.25, -0.2) is 4.98 Å². The molecule has 1 saturated heterocycles. The van der Waals surface area contributed by atoms with E-state index in [9.17, 15) is 4.79 Å². The molecule has 1 aliphatic rings. The summed E-state index contributed by atoms with van der Waals surface area (Å²) in [5, 5.41) is 2.56. The summed E-state index contributed by atoms with van der Waals surface area (Å²) in [5.41, 5.74) is 1.24. The lowest BCUT2D eigenvalue weighted by atomic mass is 10.2. The smallest absolute Gasteiger partial charge is 0.273 e. The number of carbonyl (C=O) groups is 1. The minimum Gasteiger partial charge on any atom is -0.337 e. The summed E-state index contributed by atoms with van der Waals surface area (Å²) in [4.78, 5) is 27.0. The Kier molecular flexibility index (Phi) is 4.01. The van der Waals surface area contributed by atoms with Gasteiger partial charge in [0, 0.05) is 30.9 Å². The van der Waals surface area contributed by atoms with Crippen LogP contribution in [0.1, 0.15) is 36.2 Å². The summed E-state index contributed by atoms with van der Waals surface area (Å²) in [7, 11) is 0. The molecule has 0 bridgehead atoms. The van der Waals surface area contributed by atoms with Crippen molar-refractivity contribution >= 4 is 17.2 Å². The highest BCUT2D eigenvalue weighted by Crippen LogP contribution is 2.22. The van der Waals surface area contributed by atoms with E-state index in [1.807, 2.05) is 10.3 Å². The van der Waals surface area contributed by atoms with Crippen LogP contribution in [0.15, 0.2) is 24.0 Å². The highest BCUT2D eigenvalue weighted by molar-refractivity contribution is 7.13. The maximum atomic E-state index is 12.4. The molecule has 3 heterocycles. The van der Waals surface area contributed by atoms with E-state index in [4.69, 9.17) is 0 Å². The Labute approximate surface area is 121 Å². The minimum absolute atomic E-state index is 0.0401. The number of nitrogens with zero attached hydrogens (tertiary/aromatic N) is 4. The first-order valence-corrected chi connectivity index (χ1v) is 7.74. The molecule has 1 aliphatic heterocycles. The first-order chi connectivity index (χ1) is 9.84. The van der Waals surface area contributed by atoms with E-state index in [0.717, 1.165) is 30.9 Å². The monoisotopic (exact) mass is 288 g/mol. The molecule has 0 aromatic carbocycles. The van der Waals surface area contributed by atoms with Gasteiger partial charge >= 0.3 is 0 Å². The van der Waals surface area contributed by atoms with E-state index < -0.39 is 0 Å². The van der Waals surface area contributed by atoms with Gasteiger partial charge < -0.3 is 4.90 Å². The van der Waals surface area contributed by atoms with Crippen LogP contribution in [0.4, 0.5) is 0 Å². The fraction of sp³-hybridized carbons (Fsp3) is 0.429. The number of carbonyl (C=O) groups excluding carboxylic acids is 1. The van der Waals surface area contributed by atoms with Gasteiger partial charge in [0.1, 0.15) is 16.4 Å². The molecule has 0 radical (unpaired) electrons. The van der Waals surface area contributed by atoms with Crippen molar-refractivity contribution in [3.05, 3.63) is 29.7 Å². The molecule has 2 aromatic heterocycles. The average molecular weight is 288 g/mol. The van der Waals surface area contributed by atoms with Gasteiger partial charge in [0.2, 0.25) is 0 Å². The lowest BCUT2D eigenvalue weighted by molar-refractivity contribution is 0.0756. The Hall–Kier alpha value is -1.82. The summed E-state index contributed by atoms with van der Waals surface area (Å²) >= 11 is 1.44. The zero-order chi connectivity index (χ0) is 13.8. The Balaban J connectivity index is 1.77. The number of thiazole rings is 1. The number of rotatable bonds is 2. The Morgan fingerprint density at radius 2 is 1.95 bits per heavy atom.